The molecule has 1 aromatic heterocycles. The van der Waals surface area contributed by atoms with Gasteiger partial charge in [0.2, 0.25) is 5.91 Å². The molecule has 2 fully saturated rings. The summed E-state index contributed by atoms with van der Waals surface area (Å²) in [4.78, 5) is 17.3. The molecule has 2 aromatic rings. The fourth-order valence-electron chi connectivity index (χ4n) is 4.67. The molecule has 174 valence electrons. The fraction of sp³-hybridized carbons (Fsp3) is 0.522. The number of nitrogens with zero attached hydrogens (tertiary/aromatic N) is 3. The molecule has 0 radical (unpaired) electrons. The Kier molecular flexibility index (Phi) is 7.14. The van der Waals surface area contributed by atoms with Gasteiger partial charge in [0.05, 0.1) is 4.34 Å². The number of piperidine rings is 1. The first-order valence-corrected chi connectivity index (χ1v) is 13.7. The lowest BCUT2D eigenvalue weighted by atomic mass is 9.94. The average Bonchev–Trinajstić information content (AvgIpc) is 3.21. The Morgan fingerprint density at radius 2 is 1.88 bits per heavy atom. The summed E-state index contributed by atoms with van der Waals surface area (Å²) in [6, 6.07) is 11.9. The van der Waals surface area contributed by atoms with Gasteiger partial charge in [-0.2, -0.15) is 4.31 Å². The fourth-order valence-corrected chi connectivity index (χ4v) is 7.77. The summed E-state index contributed by atoms with van der Waals surface area (Å²) in [5, 5.41) is 0. The third-order valence-corrected chi connectivity index (χ3v) is 10.1. The van der Waals surface area contributed by atoms with E-state index in [1.807, 2.05) is 4.90 Å². The molecule has 0 saturated carbocycles. The predicted molar refractivity (Wildman–Crippen MR) is 130 cm³/mol. The molecule has 1 atom stereocenters. The van der Waals surface area contributed by atoms with Gasteiger partial charge in [-0.3, -0.25) is 4.79 Å². The molecule has 0 aliphatic carbocycles. The SMILES string of the molecule is Cc1cccc(N2CCN(C(=O)CC3CCN(S(=O)(=O)c4ccc(Cl)s4)CC3)CC2C)c1. The second kappa shape index (κ2) is 9.71. The van der Waals surface area contributed by atoms with Crippen LogP contribution < -0.4 is 4.90 Å². The highest BCUT2D eigenvalue weighted by Crippen LogP contribution is 2.31. The summed E-state index contributed by atoms with van der Waals surface area (Å²) in [6.07, 6.45) is 1.92. The number of rotatable bonds is 5. The highest BCUT2D eigenvalue weighted by atomic mass is 35.5. The molecule has 2 saturated heterocycles. The van der Waals surface area contributed by atoms with E-state index in [0.29, 0.717) is 36.7 Å². The van der Waals surface area contributed by atoms with E-state index in [1.54, 1.807) is 12.1 Å². The molecule has 32 heavy (non-hydrogen) atoms. The van der Waals surface area contributed by atoms with Gasteiger partial charge in [0.15, 0.2) is 0 Å². The Morgan fingerprint density at radius 3 is 2.50 bits per heavy atom. The summed E-state index contributed by atoms with van der Waals surface area (Å²) in [6.45, 7) is 7.45. The molecule has 0 N–H and O–H groups in total. The maximum absolute atomic E-state index is 13.0. The molecule has 1 amide bonds. The molecule has 9 heteroatoms. The molecular weight excluding hydrogens is 466 g/mol. The number of benzene rings is 1. The zero-order valence-corrected chi connectivity index (χ0v) is 20.9. The standard InChI is InChI=1S/C23H30ClN3O3S2/c1-17-4-3-5-20(14-17)27-13-12-25(16-18(27)2)22(28)15-19-8-10-26(11-9-19)32(29,30)23-7-6-21(24)31-23/h3-7,14,18-19H,8-13,15-16H2,1-2H3. The summed E-state index contributed by atoms with van der Waals surface area (Å²) in [7, 11) is -3.49. The highest BCUT2D eigenvalue weighted by Gasteiger charge is 2.33. The number of hydrogen-bond acceptors (Lipinski definition) is 5. The van der Waals surface area contributed by atoms with Gasteiger partial charge in [0.25, 0.3) is 10.0 Å². The first kappa shape index (κ1) is 23.5. The summed E-state index contributed by atoms with van der Waals surface area (Å²) < 4.78 is 27.8. The van der Waals surface area contributed by atoms with E-state index in [0.717, 1.165) is 31.0 Å². The molecular formula is C23H30ClN3O3S2. The van der Waals surface area contributed by atoms with E-state index in [1.165, 1.54) is 15.6 Å². The third kappa shape index (κ3) is 5.14. The number of piperazine rings is 1. The lowest BCUT2D eigenvalue weighted by Gasteiger charge is -2.42. The van der Waals surface area contributed by atoms with E-state index in [4.69, 9.17) is 11.6 Å². The van der Waals surface area contributed by atoms with Gasteiger partial charge in [-0.15, -0.1) is 11.3 Å². The van der Waals surface area contributed by atoms with Crippen molar-refractivity contribution in [3.63, 3.8) is 0 Å². The average molecular weight is 496 g/mol. The van der Waals surface area contributed by atoms with Crippen LogP contribution in [0.25, 0.3) is 0 Å². The van der Waals surface area contributed by atoms with Crippen molar-refractivity contribution in [3.8, 4) is 0 Å². The van der Waals surface area contributed by atoms with Gasteiger partial charge in [0, 0.05) is 50.9 Å². The van der Waals surface area contributed by atoms with E-state index in [9.17, 15) is 13.2 Å². The van der Waals surface area contributed by atoms with Gasteiger partial charge in [-0.05, 0) is 62.4 Å². The van der Waals surface area contributed by atoms with Crippen LogP contribution >= 0.6 is 22.9 Å². The van der Waals surface area contributed by atoms with Gasteiger partial charge >= 0.3 is 0 Å². The normalized spacial score (nSPS) is 21.2. The Balaban J connectivity index is 1.28. The molecule has 3 heterocycles. The Labute approximate surface area is 199 Å². The highest BCUT2D eigenvalue weighted by molar-refractivity contribution is 7.91. The third-order valence-electron chi connectivity index (χ3n) is 6.49. The van der Waals surface area contributed by atoms with Crippen LogP contribution in [0.1, 0.15) is 31.7 Å². The zero-order chi connectivity index (χ0) is 22.9. The van der Waals surface area contributed by atoms with Gasteiger partial charge in [-0.1, -0.05) is 23.7 Å². The van der Waals surface area contributed by atoms with Crippen molar-refractivity contribution in [3.05, 3.63) is 46.3 Å². The van der Waals surface area contributed by atoms with Crippen molar-refractivity contribution in [2.45, 2.75) is 43.4 Å². The van der Waals surface area contributed by atoms with Crippen molar-refractivity contribution in [1.82, 2.24) is 9.21 Å². The molecule has 1 unspecified atom stereocenters. The zero-order valence-electron chi connectivity index (χ0n) is 18.5. The topological polar surface area (TPSA) is 60.9 Å². The summed E-state index contributed by atoms with van der Waals surface area (Å²) in [5.41, 5.74) is 2.45. The van der Waals surface area contributed by atoms with Crippen molar-refractivity contribution < 1.29 is 13.2 Å². The quantitative estimate of drug-likeness (QED) is 0.622. The van der Waals surface area contributed by atoms with Crippen LogP contribution in [0.15, 0.2) is 40.6 Å². The van der Waals surface area contributed by atoms with E-state index >= 15 is 0 Å². The minimum Gasteiger partial charge on any atom is -0.365 e. The van der Waals surface area contributed by atoms with Crippen LogP contribution in [0.4, 0.5) is 5.69 Å². The molecule has 0 spiro atoms. The lowest BCUT2D eigenvalue weighted by Crippen LogP contribution is -2.54. The maximum Gasteiger partial charge on any atom is 0.252 e. The van der Waals surface area contributed by atoms with Crippen LogP contribution in [-0.4, -0.2) is 62.3 Å². The van der Waals surface area contributed by atoms with Gasteiger partial charge in [-0.25, -0.2) is 8.42 Å². The first-order chi connectivity index (χ1) is 15.2. The Morgan fingerprint density at radius 1 is 1.12 bits per heavy atom. The molecule has 6 nitrogen and oxygen atoms in total. The maximum atomic E-state index is 13.0. The number of aryl methyl sites for hydroxylation is 1. The second-order valence-corrected chi connectivity index (χ2v) is 12.7. The van der Waals surface area contributed by atoms with Crippen molar-refractivity contribution in [1.29, 1.82) is 0 Å². The number of hydrogen-bond donors (Lipinski definition) is 0. The number of carbonyl (C=O) groups is 1. The number of halogens is 1. The summed E-state index contributed by atoms with van der Waals surface area (Å²) >= 11 is 7.00. The van der Waals surface area contributed by atoms with Crippen LogP contribution in [0.2, 0.25) is 4.34 Å². The molecule has 0 bridgehead atoms. The Hall–Kier alpha value is -1.61. The van der Waals surface area contributed by atoms with Crippen molar-refractivity contribution >= 4 is 44.6 Å². The van der Waals surface area contributed by atoms with E-state index in [-0.39, 0.29) is 22.1 Å². The number of carbonyl (C=O) groups excluding carboxylic acids is 1. The monoisotopic (exact) mass is 495 g/mol. The molecule has 4 rings (SSSR count). The number of amides is 1. The lowest BCUT2D eigenvalue weighted by molar-refractivity contribution is -0.133. The van der Waals surface area contributed by atoms with E-state index < -0.39 is 10.0 Å². The second-order valence-electron chi connectivity index (χ2n) is 8.83. The molecule has 2 aliphatic rings. The number of sulfonamides is 1. The molecule has 2 aliphatic heterocycles. The van der Waals surface area contributed by atoms with Crippen molar-refractivity contribution in [2.24, 2.45) is 5.92 Å². The van der Waals surface area contributed by atoms with Crippen LogP contribution in [0, 0.1) is 12.8 Å². The van der Waals surface area contributed by atoms with Gasteiger partial charge < -0.3 is 9.80 Å². The molecule has 1 aromatic carbocycles. The predicted octanol–water partition coefficient (Wildman–Crippen LogP) is 4.24. The minimum atomic E-state index is -3.49. The smallest absolute Gasteiger partial charge is 0.252 e. The largest absolute Gasteiger partial charge is 0.365 e. The van der Waals surface area contributed by atoms with Crippen LogP contribution in [0.5, 0.6) is 0 Å². The summed E-state index contributed by atoms with van der Waals surface area (Å²) in [5.74, 6) is 0.415. The number of anilines is 1. The Bertz CT molecular complexity index is 1060. The van der Waals surface area contributed by atoms with Gasteiger partial charge in [0.1, 0.15) is 4.21 Å². The first-order valence-electron chi connectivity index (χ1n) is 11.1. The minimum absolute atomic E-state index is 0.187. The van der Waals surface area contributed by atoms with E-state index in [2.05, 4.69) is 43.0 Å². The van der Waals surface area contributed by atoms with Crippen LogP contribution in [0.3, 0.4) is 0 Å². The van der Waals surface area contributed by atoms with Crippen molar-refractivity contribution in [2.75, 3.05) is 37.6 Å². The van der Waals surface area contributed by atoms with Crippen LogP contribution in [-0.2, 0) is 14.8 Å². The number of thiophene rings is 1.